The first-order chi connectivity index (χ1) is 6.65. The van der Waals surface area contributed by atoms with Crippen molar-refractivity contribution in [3.05, 3.63) is 23.8 Å². The zero-order valence-electron chi connectivity index (χ0n) is 8.00. The first kappa shape index (κ1) is 9.97. The Hall–Kier alpha value is -0.570. The smallest absolute Gasteiger partial charge is 0.228 e. The summed E-state index contributed by atoms with van der Waals surface area (Å²) in [5.41, 5.74) is 6.25. The van der Waals surface area contributed by atoms with Gasteiger partial charge in [0.25, 0.3) is 0 Å². The highest BCUT2D eigenvalue weighted by Crippen LogP contribution is 2.48. The van der Waals surface area contributed by atoms with E-state index in [0.29, 0.717) is 4.83 Å². The van der Waals surface area contributed by atoms with Crippen LogP contribution >= 0.6 is 15.9 Å². The van der Waals surface area contributed by atoms with Gasteiger partial charge < -0.3 is 5.73 Å². The molecule has 0 heterocycles. The lowest BCUT2D eigenvalue weighted by Crippen LogP contribution is -2.44. The van der Waals surface area contributed by atoms with Gasteiger partial charge >= 0.3 is 0 Å². The van der Waals surface area contributed by atoms with Gasteiger partial charge in [-0.05, 0) is 24.8 Å². The number of allylic oxidation sites excluding steroid dienone is 3. The van der Waals surface area contributed by atoms with E-state index in [1.54, 1.807) is 0 Å². The highest BCUT2D eigenvalue weighted by Gasteiger charge is 2.45. The van der Waals surface area contributed by atoms with Gasteiger partial charge in [-0.3, -0.25) is 4.79 Å². The molecular weight excluding hydrogens is 242 g/mol. The van der Waals surface area contributed by atoms with E-state index < -0.39 is 0 Å². The standard InChI is InChI=1S/C11H14BrNO/c12-9-4-1-3-8(7-9)11(10(13)14)5-2-6-11/h1,3,7,9H,2,4-6H2,(H2,13,14). The molecule has 0 aliphatic heterocycles. The lowest BCUT2D eigenvalue weighted by molar-refractivity contribution is -0.129. The van der Waals surface area contributed by atoms with E-state index in [4.69, 9.17) is 5.73 Å². The predicted octanol–water partition coefficient (Wildman–Crippen LogP) is 2.29. The van der Waals surface area contributed by atoms with E-state index in [-0.39, 0.29) is 11.3 Å². The molecule has 3 heteroatoms. The summed E-state index contributed by atoms with van der Waals surface area (Å²) in [5.74, 6) is -0.166. The van der Waals surface area contributed by atoms with Crippen molar-refractivity contribution in [2.24, 2.45) is 11.1 Å². The van der Waals surface area contributed by atoms with Gasteiger partial charge in [0.15, 0.2) is 0 Å². The Morgan fingerprint density at radius 3 is 2.71 bits per heavy atom. The van der Waals surface area contributed by atoms with Crippen LogP contribution in [0.15, 0.2) is 23.8 Å². The van der Waals surface area contributed by atoms with Crippen molar-refractivity contribution in [3.8, 4) is 0 Å². The molecule has 1 saturated carbocycles. The molecule has 0 bridgehead atoms. The molecule has 2 rings (SSSR count). The third-order valence-electron chi connectivity index (χ3n) is 3.25. The normalized spacial score (nSPS) is 29.2. The van der Waals surface area contributed by atoms with Gasteiger partial charge in [0.1, 0.15) is 0 Å². The number of hydrogen-bond donors (Lipinski definition) is 1. The molecule has 1 atom stereocenters. The quantitative estimate of drug-likeness (QED) is 0.757. The van der Waals surface area contributed by atoms with Crippen molar-refractivity contribution >= 4 is 21.8 Å². The fourth-order valence-electron chi connectivity index (χ4n) is 2.17. The summed E-state index contributed by atoms with van der Waals surface area (Å²) in [5, 5.41) is 0. The van der Waals surface area contributed by atoms with E-state index in [0.717, 1.165) is 31.3 Å². The first-order valence-corrected chi connectivity index (χ1v) is 5.89. The van der Waals surface area contributed by atoms with E-state index >= 15 is 0 Å². The van der Waals surface area contributed by atoms with Crippen LogP contribution in [0.3, 0.4) is 0 Å². The molecule has 2 aliphatic rings. The average Bonchev–Trinajstić information content (AvgIpc) is 2.00. The largest absolute Gasteiger partial charge is 0.369 e. The lowest BCUT2D eigenvalue weighted by atomic mass is 9.62. The van der Waals surface area contributed by atoms with Gasteiger partial charge in [0, 0.05) is 4.83 Å². The highest BCUT2D eigenvalue weighted by atomic mass is 79.9. The van der Waals surface area contributed by atoms with Crippen LogP contribution in [0.4, 0.5) is 0 Å². The molecule has 1 amide bonds. The number of carbonyl (C=O) groups excluding carboxylic acids is 1. The number of hydrogen-bond acceptors (Lipinski definition) is 1. The molecule has 2 aliphatic carbocycles. The van der Waals surface area contributed by atoms with Gasteiger partial charge in [0.2, 0.25) is 5.91 Å². The van der Waals surface area contributed by atoms with Gasteiger partial charge in [-0.25, -0.2) is 0 Å². The minimum Gasteiger partial charge on any atom is -0.369 e. The maximum atomic E-state index is 11.4. The third-order valence-corrected chi connectivity index (χ3v) is 3.89. The second kappa shape index (κ2) is 3.54. The summed E-state index contributed by atoms with van der Waals surface area (Å²) >= 11 is 3.54. The molecule has 0 radical (unpaired) electrons. The van der Waals surface area contributed by atoms with Crippen molar-refractivity contribution in [3.63, 3.8) is 0 Å². The van der Waals surface area contributed by atoms with Gasteiger partial charge in [-0.1, -0.05) is 40.6 Å². The SMILES string of the molecule is NC(=O)C1(C2=CC(Br)CC=C2)CCC1. The second-order valence-electron chi connectivity index (χ2n) is 4.08. The molecule has 0 saturated heterocycles. The Bertz CT molecular complexity index is 315. The molecule has 1 fully saturated rings. The molecule has 0 spiro atoms. The summed E-state index contributed by atoms with van der Waals surface area (Å²) < 4.78 is 0. The van der Waals surface area contributed by atoms with Crippen LogP contribution in [0, 0.1) is 5.41 Å². The Morgan fingerprint density at radius 1 is 1.57 bits per heavy atom. The predicted molar refractivity (Wildman–Crippen MR) is 60.0 cm³/mol. The van der Waals surface area contributed by atoms with Crippen LogP contribution in [0.1, 0.15) is 25.7 Å². The maximum Gasteiger partial charge on any atom is 0.228 e. The highest BCUT2D eigenvalue weighted by molar-refractivity contribution is 9.09. The van der Waals surface area contributed by atoms with Crippen LogP contribution in [-0.4, -0.2) is 10.7 Å². The zero-order valence-corrected chi connectivity index (χ0v) is 9.59. The number of alkyl halides is 1. The van der Waals surface area contributed by atoms with Gasteiger partial charge in [0.05, 0.1) is 5.41 Å². The Kier molecular flexibility index (Phi) is 2.52. The number of amides is 1. The summed E-state index contributed by atoms with van der Waals surface area (Å²) in [6, 6.07) is 0. The molecule has 2 nitrogen and oxygen atoms in total. The van der Waals surface area contributed by atoms with Crippen LogP contribution in [0.25, 0.3) is 0 Å². The topological polar surface area (TPSA) is 43.1 Å². The number of nitrogens with two attached hydrogens (primary N) is 1. The minimum atomic E-state index is -0.344. The van der Waals surface area contributed by atoms with Gasteiger partial charge in [-0.2, -0.15) is 0 Å². The molecule has 1 unspecified atom stereocenters. The molecular formula is C11H14BrNO. The maximum absolute atomic E-state index is 11.4. The number of rotatable bonds is 2. The van der Waals surface area contributed by atoms with Gasteiger partial charge in [-0.15, -0.1) is 0 Å². The van der Waals surface area contributed by atoms with E-state index in [1.165, 1.54) is 0 Å². The monoisotopic (exact) mass is 255 g/mol. The molecule has 14 heavy (non-hydrogen) atoms. The summed E-state index contributed by atoms with van der Waals surface area (Å²) in [6.45, 7) is 0. The number of halogens is 1. The van der Waals surface area contributed by atoms with E-state index in [2.05, 4.69) is 34.2 Å². The van der Waals surface area contributed by atoms with Crippen LogP contribution in [-0.2, 0) is 4.79 Å². The summed E-state index contributed by atoms with van der Waals surface area (Å²) in [6.07, 6.45) is 10.2. The van der Waals surface area contributed by atoms with Crippen molar-refractivity contribution < 1.29 is 4.79 Å². The van der Waals surface area contributed by atoms with Crippen molar-refractivity contribution in [1.29, 1.82) is 0 Å². The van der Waals surface area contributed by atoms with Crippen LogP contribution in [0.2, 0.25) is 0 Å². The van der Waals surface area contributed by atoms with Crippen molar-refractivity contribution in [2.75, 3.05) is 0 Å². The fraction of sp³-hybridized carbons (Fsp3) is 0.545. The fourth-order valence-corrected chi connectivity index (χ4v) is 2.67. The van der Waals surface area contributed by atoms with Crippen LogP contribution in [0.5, 0.6) is 0 Å². The van der Waals surface area contributed by atoms with Crippen molar-refractivity contribution in [2.45, 2.75) is 30.5 Å². The Morgan fingerprint density at radius 2 is 2.29 bits per heavy atom. The number of primary amides is 1. The second-order valence-corrected chi connectivity index (χ2v) is 5.25. The molecule has 76 valence electrons. The first-order valence-electron chi connectivity index (χ1n) is 4.98. The lowest BCUT2D eigenvalue weighted by Gasteiger charge is -2.41. The molecule has 0 aromatic heterocycles. The Balaban J connectivity index is 2.28. The summed E-state index contributed by atoms with van der Waals surface area (Å²) in [7, 11) is 0. The minimum absolute atomic E-state index is 0.166. The number of carbonyl (C=O) groups is 1. The van der Waals surface area contributed by atoms with E-state index in [9.17, 15) is 4.79 Å². The van der Waals surface area contributed by atoms with E-state index in [1.807, 2.05) is 0 Å². The van der Waals surface area contributed by atoms with Crippen LogP contribution < -0.4 is 5.73 Å². The third kappa shape index (κ3) is 1.44. The molecule has 0 aromatic rings. The average molecular weight is 256 g/mol. The Labute approximate surface area is 92.4 Å². The molecule has 2 N–H and O–H groups in total. The molecule has 0 aromatic carbocycles. The zero-order chi connectivity index (χ0) is 10.2. The summed E-state index contributed by atoms with van der Waals surface area (Å²) in [4.78, 5) is 11.8. The van der Waals surface area contributed by atoms with Crippen molar-refractivity contribution in [1.82, 2.24) is 0 Å².